The summed E-state index contributed by atoms with van der Waals surface area (Å²) in [5.74, 6) is -0.182. The zero-order chi connectivity index (χ0) is 22.8. The Morgan fingerprint density at radius 1 is 1.16 bits per heavy atom. The van der Waals surface area contributed by atoms with Gasteiger partial charge in [0.1, 0.15) is 5.69 Å². The maximum absolute atomic E-state index is 12.2. The molecule has 4 rings (SSSR count). The Balaban J connectivity index is 1.47. The highest BCUT2D eigenvalue weighted by Gasteiger charge is 2.30. The number of aromatic nitrogens is 3. The van der Waals surface area contributed by atoms with Crippen molar-refractivity contribution in [3.8, 4) is 0 Å². The van der Waals surface area contributed by atoms with Gasteiger partial charge in [0.2, 0.25) is 0 Å². The van der Waals surface area contributed by atoms with Crippen LogP contribution in [0, 0.1) is 0 Å². The van der Waals surface area contributed by atoms with E-state index in [1.165, 1.54) is 0 Å². The minimum absolute atomic E-state index is 0.0362. The van der Waals surface area contributed by atoms with Gasteiger partial charge in [0, 0.05) is 50.5 Å². The summed E-state index contributed by atoms with van der Waals surface area (Å²) in [6, 6.07) is 8.22. The molecular weight excluding hydrogens is 404 g/mol. The number of amides is 1. The fraction of sp³-hybridized carbons (Fsp3) is 0.417. The summed E-state index contributed by atoms with van der Waals surface area (Å²) in [6.07, 6.45) is 4.38. The Bertz CT molecular complexity index is 1160. The third kappa shape index (κ3) is 4.36. The lowest BCUT2D eigenvalue weighted by molar-refractivity contribution is 0.0958. The molecule has 0 saturated carbocycles. The first-order valence-electron chi connectivity index (χ1n) is 11.1. The molecule has 8 heteroatoms. The van der Waals surface area contributed by atoms with Crippen LogP contribution in [0.25, 0.3) is 11.0 Å². The van der Waals surface area contributed by atoms with E-state index < -0.39 is 0 Å². The molecule has 2 atom stereocenters. The number of fused-ring (bicyclic) bond motifs is 1. The molecule has 3 aromatic heterocycles. The van der Waals surface area contributed by atoms with Crippen LogP contribution in [0.1, 0.15) is 42.4 Å². The number of piperazine rings is 1. The summed E-state index contributed by atoms with van der Waals surface area (Å²) in [7, 11) is 1.60. The van der Waals surface area contributed by atoms with Gasteiger partial charge in [-0.1, -0.05) is 6.92 Å². The summed E-state index contributed by atoms with van der Waals surface area (Å²) in [4.78, 5) is 40.6. The molecule has 0 spiro atoms. The molecule has 4 heterocycles. The van der Waals surface area contributed by atoms with Crippen molar-refractivity contribution >= 4 is 22.6 Å². The highest BCUT2D eigenvalue weighted by molar-refractivity contribution is 5.92. The Hall–Kier alpha value is -3.26. The average Bonchev–Trinajstić information content (AvgIpc) is 2.78. The maximum atomic E-state index is 12.2. The van der Waals surface area contributed by atoms with E-state index in [1.54, 1.807) is 19.3 Å². The van der Waals surface area contributed by atoms with Gasteiger partial charge in [-0.15, -0.1) is 0 Å². The van der Waals surface area contributed by atoms with Crippen LogP contribution in [0.3, 0.4) is 0 Å². The standard InChI is InChI=1S/C24H30N6O2/c1-5-18-9-21-22(28-23(18)31)8-17(10-26-21)14-29-12-15(2)30(16(3)13-29)19-6-7-20(27-11-19)24(32)25-4/h6-11,15-16H,5,12-14H2,1-4H3,(H,25,32)(H,28,31)/t15-,16-/m1/s1. The fourth-order valence-electron chi connectivity index (χ4n) is 4.65. The van der Waals surface area contributed by atoms with Crippen LogP contribution in [0.2, 0.25) is 0 Å². The maximum Gasteiger partial charge on any atom is 0.269 e. The number of H-pyrrole nitrogens is 1. The molecule has 0 aliphatic carbocycles. The second-order valence-corrected chi connectivity index (χ2v) is 8.53. The zero-order valence-corrected chi connectivity index (χ0v) is 19.1. The molecule has 8 nitrogen and oxygen atoms in total. The number of carbonyl (C=O) groups is 1. The summed E-state index contributed by atoms with van der Waals surface area (Å²) in [6.45, 7) is 8.95. The van der Waals surface area contributed by atoms with Crippen LogP contribution in [0.15, 0.2) is 41.5 Å². The van der Waals surface area contributed by atoms with E-state index in [9.17, 15) is 9.59 Å². The number of aromatic amines is 1. The molecule has 0 aromatic carbocycles. The predicted molar refractivity (Wildman–Crippen MR) is 126 cm³/mol. The zero-order valence-electron chi connectivity index (χ0n) is 19.1. The number of anilines is 1. The molecule has 0 radical (unpaired) electrons. The number of hydrogen-bond donors (Lipinski definition) is 2. The first-order valence-corrected chi connectivity index (χ1v) is 11.1. The van der Waals surface area contributed by atoms with E-state index in [0.29, 0.717) is 12.1 Å². The summed E-state index contributed by atoms with van der Waals surface area (Å²) < 4.78 is 0. The van der Waals surface area contributed by atoms with Crippen molar-refractivity contribution < 1.29 is 4.79 Å². The Morgan fingerprint density at radius 3 is 2.53 bits per heavy atom. The molecule has 1 aliphatic rings. The summed E-state index contributed by atoms with van der Waals surface area (Å²) >= 11 is 0. The second-order valence-electron chi connectivity index (χ2n) is 8.53. The molecule has 1 saturated heterocycles. The number of nitrogens with zero attached hydrogens (tertiary/aromatic N) is 4. The number of aryl methyl sites for hydroxylation is 1. The van der Waals surface area contributed by atoms with Crippen LogP contribution >= 0.6 is 0 Å². The third-order valence-corrected chi connectivity index (χ3v) is 6.11. The van der Waals surface area contributed by atoms with Crippen molar-refractivity contribution in [1.82, 2.24) is 25.2 Å². The lowest BCUT2D eigenvalue weighted by Gasteiger charge is -2.45. The smallest absolute Gasteiger partial charge is 0.269 e. The Labute approximate surface area is 187 Å². The van der Waals surface area contributed by atoms with E-state index in [1.807, 2.05) is 31.3 Å². The molecule has 2 N–H and O–H groups in total. The van der Waals surface area contributed by atoms with Crippen molar-refractivity contribution in [3.05, 3.63) is 63.8 Å². The lowest BCUT2D eigenvalue weighted by atomic mass is 10.1. The van der Waals surface area contributed by atoms with Crippen molar-refractivity contribution in [3.63, 3.8) is 0 Å². The van der Waals surface area contributed by atoms with Gasteiger partial charge < -0.3 is 15.2 Å². The fourth-order valence-corrected chi connectivity index (χ4v) is 4.65. The molecule has 0 unspecified atom stereocenters. The van der Waals surface area contributed by atoms with E-state index in [2.05, 4.69) is 43.9 Å². The molecule has 168 valence electrons. The first-order chi connectivity index (χ1) is 15.4. The molecule has 1 amide bonds. The highest BCUT2D eigenvalue weighted by atomic mass is 16.1. The Morgan fingerprint density at radius 2 is 1.91 bits per heavy atom. The monoisotopic (exact) mass is 434 g/mol. The topological polar surface area (TPSA) is 94.2 Å². The third-order valence-electron chi connectivity index (χ3n) is 6.11. The van der Waals surface area contributed by atoms with Gasteiger partial charge >= 0.3 is 0 Å². The van der Waals surface area contributed by atoms with Crippen LogP contribution < -0.4 is 15.8 Å². The number of nitrogens with one attached hydrogen (secondary N) is 2. The summed E-state index contributed by atoms with van der Waals surface area (Å²) in [5, 5.41) is 2.60. The van der Waals surface area contributed by atoms with Crippen LogP contribution in [-0.4, -0.2) is 58.0 Å². The predicted octanol–water partition coefficient (Wildman–Crippen LogP) is 2.34. The van der Waals surface area contributed by atoms with E-state index in [0.717, 1.165) is 47.5 Å². The number of carbonyl (C=O) groups excluding carboxylic acids is 1. The number of pyridine rings is 3. The molecule has 32 heavy (non-hydrogen) atoms. The van der Waals surface area contributed by atoms with Gasteiger partial charge in [0.05, 0.1) is 22.9 Å². The van der Waals surface area contributed by atoms with Gasteiger partial charge in [-0.25, -0.2) is 4.98 Å². The van der Waals surface area contributed by atoms with Crippen LogP contribution in [0.5, 0.6) is 0 Å². The molecule has 0 bridgehead atoms. The van der Waals surface area contributed by atoms with Gasteiger partial charge in [-0.05, 0) is 50.1 Å². The molecule has 1 fully saturated rings. The van der Waals surface area contributed by atoms with Crippen molar-refractivity contribution in [1.29, 1.82) is 0 Å². The molecular formula is C24H30N6O2. The summed E-state index contributed by atoms with van der Waals surface area (Å²) in [5.41, 5.74) is 4.86. The first kappa shape index (κ1) is 22.0. The number of rotatable bonds is 5. The second kappa shape index (κ2) is 9.08. The lowest BCUT2D eigenvalue weighted by Crippen LogP contribution is -2.56. The van der Waals surface area contributed by atoms with Gasteiger partial charge in [0.15, 0.2) is 0 Å². The van der Waals surface area contributed by atoms with E-state index in [-0.39, 0.29) is 23.6 Å². The van der Waals surface area contributed by atoms with E-state index >= 15 is 0 Å². The van der Waals surface area contributed by atoms with Crippen molar-refractivity contribution in [2.75, 3.05) is 25.0 Å². The average molecular weight is 435 g/mol. The minimum Gasteiger partial charge on any atom is -0.362 e. The van der Waals surface area contributed by atoms with Crippen molar-refractivity contribution in [2.45, 2.75) is 45.8 Å². The number of hydrogen-bond acceptors (Lipinski definition) is 6. The van der Waals surface area contributed by atoms with E-state index in [4.69, 9.17) is 0 Å². The van der Waals surface area contributed by atoms with Gasteiger partial charge in [-0.2, -0.15) is 0 Å². The van der Waals surface area contributed by atoms with Gasteiger partial charge in [0.25, 0.3) is 11.5 Å². The van der Waals surface area contributed by atoms with Crippen LogP contribution in [0.4, 0.5) is 5.69 Å². The highest BCUT2D eigenvalue weighted by Crippen LogP contribution is 2.25. The SMILES string of the molecule is CCc1cc2ncc(CN3C[C@@H](C)N(c4ccc(C(=O)NC)nc4)[C@H](C)C3)cc2[nH]c1=O. The van der Waals surface area contributed by atoms with Crippen molar-refractivity contribution in [2.24, 2.45) is 0 Å². The minimum atomic E-state index is -0.182. The normalized spacial score (nSPS) is 19.3. The Kier molecular flexibility index (Phi) is 6.23. The largest absolute Gasteiger partial charge is 0.362 e. The molecule has 1 aliphatic heterocycles. The van der Waals surface area contributed by atoms with Crippen LogP contribution in [-0.2, 0) is 13.0 Å². The molecule has 3 aromatic rings. The van der Waals surface area contributed by atoms with Gasteiger partial charge in [-0.3, -0.25) is 19.5 Å². The quantitative estimate of drug-likeness (QED) is 0.640.